The van der Waals surface area contributed by atoms with Crippen LogP contribution < -0.4 is 14.8 Å². The quantitative estimate of drug-likeness (QED) is 0.746. The molecule has 6 heteroatoms. The van der Waals surface area contributed by atoms with Gasteiger partial charge in [0.15, 0.2) is 6.61 Å². The van der Waals surface area contributed by atoms with E-state index in [1.54, 1.807) is 24.5 Å². The third-order valence-electron chi connectivity index (χ3n) is 4.91. The summed E-state index contributed by atoms with van der Waals surface area (Å²) < 4.78 is 10.8. The second-order valence-electron chi connectivity index (χ2n) is 6.79. The zero-order valence-electron chi connectivity index (χ0n) is 15.9. The van der Waals surface area contributed by atoms with Crippen molar-refractivity contribution in [2.45, 2.75) is 31.7 Å². The van der Waals surface area contributed by atoms with Crippen LogP contribution in [0.25, 0.3) is 0 Å². The Morgan fingerprint density at radius 1 is 1.19 bits per heavy atom. The van der Waals surface area contributed by atoms with Crippen LogP contribution in [0.5, 0.6) is 11.5 Å². The summed E-state index contributed by atoms with van der Waals surface area (Å²) in [7, 11) is 1.61. The van der Waals surface area contributed by atoms with E-state index in [0.29, 0.717) is 18.0 Å². The molecule has 1 saturated heterocycles. The van der Waals surface area contributed by atoms with Gasteiger partial charge in [0.1, 0.15) is 11.5 Å². The van der Waals surface area contributed by atoms with Crippen molar-refractivity contribution in [2.24, 2.45) is 0 Å². The lowest BCUT2D eigenvalue weighted by atomic mass is 10.1. The van der Waals surface area contributed by atoms with E-state index >= 15 is 0 Å². The Bertz CT molecular complexity index is 697. The molecular weight excluding hydrogens is 360 g/mol. The van der Waals surface area contributed by atoms with Gasteiger partial charge in [-0.3, -0.25) is 9.69 Å². The average Bonchev–Trinajstić information content (AvgIpc) is 3.09. The molecule has 2 aromatic rings. The maximum absolute atomic E-state index is 12.3. The number of nitrogens with zero attached hydrogens (tertiary/aromatic N) is 1. The highest BCUT2D eigenvalue weighted by Crippen LogP contribution is 2.25. The van der Waals surface area contributed by atoms with E-state index in [-0.39, 0.29) is 18.6 Å². The Balaban J connectivity index is 1.53. The molecule has 3 rings (SSSR count). The molecule has 0 saturated carbocycles. The third-order valence-corrected chi connectivity index (χ3v) is 5.61. The van der Waals surface area contributed by atoms with Gasteiger partial charge in [0, 0.05) is 12.6 Å². The van der Waals surface area contributed by atoms with Crippen molar-refractivity contribution in [3.8, 4) is 11.5 Å². The second kappa shape index (κ2) is 10.3. The lowest BCUT2D eigenvalue weighted by Gasteiger charge is -2.30. The van der Waals surface area contributed by atoms with E-state index in [0.717, 1.165) is 13.1 Å². The standard InChI is InChI=1S/C21H28N2O3S/c1-25-18-7-6-8-19(13-18)26-15-21(24)22-14-20(17-9-12-27-16-17)23-10-4-2-3-5-11-23/h6-9,12-13,16,20H,2-5,10-11,14-15H2,1H3,(H,22,24)/t20-/m0/s1. The van der Waals surface area contributed by atoms with E-state index in [9.17, 15) is 4.79 Å². The number of ether oxygens (including phenoxy) is 2. The number of carbonyl (C=O) groups excluding carboxylic acids is 1. The van der Waals surface area contributed by atoms with Gasteiger partial charge in [-0.05, 0) is 60.5 Å². The predicted octanol–water partition coefficient (Wildman–Crippen LogP) is 3.87. The number of methoxy groups -OCH3 is 1. The molecule has 1 aromatic carbocycles. The number of likely N-dealkylation sites (tertiary alicyclic amines) is 1. The van der Waals surface area contributed by atoms with Gasteiger partial charge in [-0.15, -0.1) is 0 Å². The largest absolute Gasteiger partial charge is 0.497 e. The van der Waals surface area contributed by atoms with Gasteiger partial charge in [0.05, 0.1) is 13.2 Å². The molecule has 1 atom stereocenters. The Kier molecular flexibility index (Phi) is 7.54. The van der Waals surface area contributed by atoms with Crippen LogP contribution in [0.4, 0.5) is 0 Å². The van der Waals surface area contributed by atoms with Crippen LogP contribution in [-0.4, -0.2) is 44.2 Å². The molecule has 0 bridgehead atoms. The van der Waals surface area contributed by atoms with Crippen LogP contribution in [0, 0.1) is 0 Å². The fourth-order valence-corrected chi connectivity index (χ4v) is 4.14. The zero-order chi connectivity index (χ0) is 18.9. The minimum absolute atomic E-state index is 0.00350. The first-order valence-corrected chi connectivity index (χ1v) is 10.5. The highest BCUT2D eigenvalue weighted by atomic mass is 32.1. The molecule has 1 aromatic heterocycles. The molecule has 1 aliphatic heterocycles. The molecule has 0 spiro atoms. The molecule has 1 fully saturated rings. The molecule has 2 heterocycles. The van der Waals surface area contributed by atoms with Crippen LogP contribution in [0.2, 0.25) is 0 Å². The SMILES string of the molecule is COc1cccc(OCC(=O)NC[C@@H](c2ccsc2)N2CCCCCC2)c1. The summed E-state index contributed by atoms with van der Waals surface area (Å²) in [6, 6.07) is 9.69. The molecule has 146 valence electrons. The minimum Gasteiger partial charge on any atom is -0.497 e. The first-order chi connectivity index (χ1) is 13.3. The zero-order valence-corrected chi connectivity index (χ0v) is 16.7. The molecule has 1 amide bonds. The van der Waals surface area contributed by atoms with Crippen molar-refractivity contribution >= 4 is 17.2 Å². The van der Waals surface area contributed by atoms with E-state index in [1.165, 1.54) is 31.2 Å². The third kappa shape index (κ3) is 5.97. The van der Waals surface area contributed by atoms with Crippen LogP contribution in [-0.2, 0) is 4.79 Å². The fourth-order valence-electron chi connectivity index (χ4n) is 3.43. The highest BCUT2D eigenvalue weighted by Gasteiger charge is 2.22. The summed E-state index contributed by atoms with van der Waals surface area (Å²) in [6.07, 6.45) is 5.06. The van der Waals surface area contributed by atoms with E-state index in [4.69, 9.17) is 9.47 Å². The molecule has 0 unspecified atom stereocenters. The lowest BCUT2D eigenvalue weighted by Crippen LogP contribution is -2.40. The maximum atomic E-state index is 12.3. The first kappa shape index (κ1) is 19.7. The molecule has 1 N–H and O–H groups in total. The van der Waals surface area contributed by atoms with Crippen LogP contribution in [0.3, 0.4) is 0 Å². The van der Waals surface area contributed by atoms with Crippen LogP contribution in [0.15, 0.2) is 41.1 Å². The summed E-state index contributed by atoms with van der Waals surface area (Å²) in [5, 5.41) is 7.35. The Hall–Kier alpha value is -2.05. The predicted molar refractivity (Wildman–Crippen MR) is 109 cm³/mol. The number of amides is 1. The van der Waals surface area contributed by atoms with Crippen molar-refractivity contribution < 1.29 is 14.3 Å². The molecular formula is C21H28N2O3S. The Morgan fingerprint density at radius 2 is 1.96 bits per heavy atom. The highest BCUT2D eigenvalue weighted by molar-refractivity contribution is 7.07. The lowest BCUT2D eigenvalue weighted by molar-refractivity contribution is -0.123. The number of thiophene rings is 1. The molecule has 0 aliphatic carbocycles. The van der Waals surface area contributed by atoms with Gasteiger partial charge in [0.2, 0.25) is 0 Å². The van der Waals surface area contributed by atoms with Crippen LogP contribution in [0.1, 0.15) is 37.3 Å². The van der Waals surface area contributed by atoms with Gasteiger partial charge in [-0.1, -0.05) is 18.9 Å². The fraction of sp³-hybridized carbons (Fsp3) is 0.476. The summed E-state index contributed by atoms with van der Waals surface area (Å²) >= 11 is 1.71. The van der Waals surface area contributed by atoms with Gasteiger partial charge < -0.3 is 14.8 Å². The molecule has 27 heavy (non-hydrogen) atoms. The van der Waals surface area contributed by atoms with Crippen LogP contribution >= 0.6 is 11.3 Å². The van der Waals surface area contributed by atoms with Crippen molar-refractivity contribution in [1.29, 1.82) is 0 Å². The van der Waals surface area contributed by atoms with Gasteiger partial charge in [-0.25, -0.2) is 0 Å². The monoisotopic (exact) mass is 388 g/mol. The Morgan fingerprint density at radius 3 is 2.67 bits per heavy atom. The topological polar surface area (TPSA) is 50.8 Å². The molecule has 1 aliphatic rings. The van der Waals surface area contributed by atoms with Crippen molar-refractivity contribution in [3.05, 3.63) is 46.7 Å². The summed E-state index contributed by atoms with van der Waals surface area (Å²) in [5.74, 6) is 1.24. The van der Waals surface area contributed by atoms with E-state index < -0.39 is 0 Å². The van der Waals surface area contributed by atoms with Gasteiger partial charge >= 0.3 is 0 Å². The van der Waals surface area contributed by atoms with Gasteiger partial charge in [0.25, 0.3) is 5.91 Å². The first-order valence-electron chi connectivity index (χ1n) is 9.56. The number of carbonyl (C=O) groups is 1. The number of nitrogens with one attached hydrogen (secondary N) is 1. The van der Waals surface area contributed by atoms with E-state index in [2.05, 4.69) is 27.0 Å². The smallest absolute Gasteiger partial charge is 0.258 e. The summed E-state index contributed by atoms with van der Waals surface area (Å²) in [5.41, 5.74) is 1.29. The number of rotatable bonds is 8. The van der Waals surface area contributed by atoms with Crippen molar-refractivity contribution in [1.82, 2.24) is 10.2 Å². The normalized spacial score (nSPS) is 16.3. The van der Waals surface area contributed by atoms with E-state index in [1.807, 2.05) is 18.2 Å². The number of hydrogen-bond acceptors (Lipinski definition) is 5. The Labute approximate surface area is 165 Å². The average molecular weight is 389 g/mol. The van der Waals surface area contributed by atoms with Gasteiger partial charge in [-0.2, -0.15) is 11.3 Å². The summed E-state index contributed by atoms with van der Waals surface area (Å²) in [6.45, 7) is 2.80. The second-order valence-corrected chi connectivity index (χ2v) is 7.57. The van der Waals surface area contributed by atoms with Crippen molar-refractivity contribution in [3.63, 3.8) is 0 Å². The van der Waals surface area contributed by atoms with Crippen molar-refractivity contribution in [2.75, 3.05) is 33.4 Å². The minimum atomic E-state index is -0.104. The molecule has 5 nitrogen and oxygen atoms in total. The maximum Gasteiger partial charge on any atom is 0.258 e. The summed E-state index contributed by atoms with van der Waals surface area (Å²) in [4.78, 5) is 14.8. The molecule has 0 radical (unpaired) electrons. The number of hydrogen-bond donors (Lipinski definition) is 1. The number of benzene rings is 1.